The van der Waals surface area contributed by atoms with Gasteiger partial charge in [-0.15, -0.1) is 0 Å². The van der Waals surface area contributed by atoms with Crippen LogP contribution in [0.15, 0.2) is 59.1 Å². The Morgan fingerprint density at radius 2 is 1.63 bits per heavy atom. The van der Waals surface area contributed by atoms with Crippen LogP contribution in [0.2, 0.25) is 0 Å². The van der Waals surface area contributed by atoms with Crippen molar-refractivity contribution in [3.63, 3.8) is 0 Å². The molecule has 3 aliphatic heterocycles. The molecule has 4 heterocycles. The second kappa shape index (κ2) is 14.3. The van der Waals surface area contributed by atoms with Crippen LogP contribution in [0, 0.1) is 0 Å². The highest BCUT2D eigenvalue weighted by Gasteiger charge is 2.45. The van der Waals surface area contributed by atoms with E-state index < -0.39 is 29.7 Å². The average Bonchev–Trinajstić information content (AvgIpc) is 3.68. The van der Waals surface area contributed by atoms with Crippen LogP contribution in [-0.4, -0.2) is 97.6 Å². The molecule has 1 atom stereocenters. The number of aromatic nitrogens is 1. The van der Waals surface area contributed by atoms with Crippen LogP contribution >= 0.6 is 0 Å². The molecule has 14 heteroatoms. The fraction of sp³-hybridized carbons (Fsp3) is 0.325. The number of phenols is 2. The van der Waals surface area contributed by atoms with Crippen LogP contribution in [0.25, 0.3) is 22.5 Å². The Balaban J connectivity index is 1.00. The van der Waals surface area contributed by atoms with Crippen molar-refractivity contribution in [1.29, 1.82) is 0 Å². The van der Waals surface area contributed by atoms with Gasteiger partial charge in [0.2, 0.25) is 17.7 Å². The van der Waals surface area contributed by atoms with E-state index in [1.165, 1.54) is 19.1 Å². The molecule has 2 fully saturated rings. The summed E-state index contributed by atoms with van der Waals surface area (Å²) in [5, 5.41) is 27.3. The summed E-state index contributed by atoms with van der Waals surface area (Å²) in [6.45, 7) is 7.95. The number of imide groups is 2. The highest BCUT2D eigenvalue weighted by atomic mass is 16.5. The van der Waals surface area contributed by atoms with Gasteiger partial charge in [0.15, 0.2) is 17.2 Å². The van der Waals surface area contributed by atoms with Crippen LogP contribution in [0.1, 0.15) is 87.4 Å². The minimum atomic E-state index is -1.08. The third-order valence-corrected chi connectivity index (χ3v) is 10.3. The number of piperidine rings is 1. The van der Waals surface area contributed by atoms with Crippen LogP contribution < -0.4 is 5.32 Å². The van der Waals surface area contributed by atoms with Gasteiger partial charge >= 0.3 is 0 Å². The largest absolute Gasteiger partial charge is 0.508 e. The number of ketones is 1. The molecule has 3 aliphatic rings. The van der Waals surface area contributed by atoms with Gasteiger partial charge < -0.3 is 19.6 Å². The van der Waals surface area contributed by atoms with Crippen molar-refractivity contribution in [1.82, 2.24) is 25.2 Å². The molecule has 5 amide bonds. The summed E-state index contributed by atoms with van der Waals surface area (Å²) in [5.74, 6) is -2.94. The van der Waals surface area contributed by atoms with E-state index in [9.17, 15) is 39.0 Å². The maximum Gasteiger partial charge on any atom is 0.262 e. The number of aromatic hydroxyl groups is 2. The summed E-state index contributed by atoms with van der Waals surface area (Å²) in [5.41, 5.74) is 3.84. The lowest BCUT2D eigenvalue weighted by molar-refractivity contribution is -0.136. The predicted octanol–water partition coefficient (Wildman–Crippen LogP) is 4.03. The fourth-order valence-corrected chi connectivity index (χ4v) is 7.42. The van der Waals surface area contributed by atoms with Crippen LogP contribution in [-0.2, 0) is 27.3 Å². The minimum Gasteiger partial charge on any atom is -0.508 e. The van der Waals surface area contributed by atoms with E-state index in [2.05, 4.69) is 15.4 Å². The zero-order valence-electron chi connectivity index (χ0n) is 30.0. The number of phenolic OH excluding ortho intramolecular Hbond substituents is 2. The summed E-state index contributed by atoms with van der Waals surface area (Å²) < 4.78 is 5.63. The first-order valence-electron chi connectivity index (χ1n) is 17.8. The molecule has 4 aromatic rings. The van der Waals surface area contributed by atoms with Gasteiger partial charge in [-0.2, -0.15) is 0 Å². The monoisotopic (exact) mass is 733 g/mol. The molecule has 3 aromatic carbocycles. The quantitative estimate of drug-likeness (QED) is 0.166. The van der Waals surface area contributed by atoms with Gasteiger partial charge in [-0.1, -0.05) is 55.4 Å². The molecule has 0 spiro atoms. The lowest BCUT2D eigenvalue weighted by atomic mass is 9.93. The van der Waals surface area contributed by atoms with E-state index in [0.29, 0.717) is 60.5 Å². The van der Waals surface area contributed by atoms with Crippen molar-refractivity contribution in [3.8, 4) is 33.9 Å². The highest BCUT2D eigenvalue weighted by molar-refractivity contribution is 6.24. The molecule has 1 unspecified atom stereocenters. The third-order valence-electron chi connectivity index (χ3n) is 10.3. The summed E-state index contributed by atoms with van der Waals surface area (Å²) in [4.78, 5) is 81.7. The lowest BCUT2D eigenvalue weighted by Crippen LogP contribution is -2.54. The van der Waals surface area contributed by atoms with Crippen molar-refractivity contribution < 1.29 is 43.5 Å². The first-order valence-corrected chi connectivity index (χ1v) is 17.8. The van der Waals surface area contributed by atoms with Gasteiger partial charge in [-0.3, -0.25) is 43.9 Å². The smallest absolute Gasteiger partial charge is 0.262 e. The standard InChI is InChI=1S/C40H39N5O9/c1-21(2)27-18-28(31(48)19-30(27)47)37-35(36(22(3)46)42-54-37)24-9-7-23(8-10-24)20-43-13-15-44(16-14-43)33(50)17-25-5-4-6-26-34(25)40(53)45(39(26)52)29-11-12-32(49)41-38(29)51/h4-10,18-19,21,29,47-48H,11-17,20H2,1-3H3,(H,41,49,51). The minimum absolute atomic E-state index is 0.0196. The zero-order chi connectivity index (χ0) is 38.4. The molecule has 0 saturated carbocycles. The topological polar surface area (TPSA) is 191 Å². The Kier molecular flexibility index (Phi) is 9.62. The Morgan fingerprint density at radius 3 is 2.30 bits per heavy atom. The Morgan fingerprint density at radius 1 is 0.907 bits per heavy atom. The maximum absolute atomic E-state index is 13.5. The third kappa shape index (κ3) is 6.64. The first-order chi connectivity index (χ1) is 25.8. The number of benzene rings is 3. The number of Topliss-reactive ketones (excluding diaryl/α,β-unsaturated/α-hetero) is 1. The van der Waals surface area contributed by atoms with Gasteiger partial charge in [-0.05, 0) is 46.7 Å². The molecule has 54 heavy (non-hydrogen) atoms. The number of amides is 5. The van der Waals surface area contributed by atoms with Crippen molar-refractivity contribution in [2.75, 3.05) is 26.2 Å². The summed E-state index contributed by atoms with van der Waals surface area (Å²) >= 11 is 0. The molecule has 278 valence electrons. The van der Waals surface area contributed by atoms with E-state index in [-0.39, 0.29) is 71.0 Å². The molecule has 0 bridgehead atoms. The summed E-state index contributed by atoms with van der Waals surface area (Å²) in [6, 6.07) is 14.2. The predicted molar refractivity (Wildman–Crippen MR) is 193 cm³/mol. The van der Waals surface area contributed by atoms with E-state index in [1.807, 2.05) is 38.1 Å². The van der Waals surface area contributed by atoms with E-state index >= 15 is 0 Å². The molecule has 7 rings (SSSR count). The van der Waals surface area contributed by atoms with Gasteiger partial charge in [0.05, 0.1) is 28.7 Å². The van der Waals surface area contributed by atoms with Crippen molar-refractivity contribution >= 4 is 35.3 Å². The van der Waals surface area contributed by atoms with Crippen molar-refractivity contribution in [3.05, 3.63) is 88.1 Å². The van der Waals surface area contributed by atoms with Gasteiger partial charge in [0.1, 0.15) is 17.5 Å². The highest BCUT2D eigenvalue weighted by Crippen LogP contribution is 2.43. The first kappa shape index (κ1) is 36.2. The summed E-state index contributed by atoms with van der Waals surface area (Å²) in [7, 11) is 0. The number of carbonyl (C=O) groups is 6. The van der Waals surface area contributed by atoms with Gasteiger partial charge in [-0.25, -0.2) is 0 Å². The molecule has 14 nitrogen and oxygen atoms in total. The van der Waals surface area contributed by atoms with Crippen molar-refractivity contribution in [2.24, 2.45) is 0 Å². The molecular formula is C40H39N5O9. The number of piperazine rings is 1. The number of hydrogen-bond donors (Lipinski definition) is 3. The number of rotatable bonds is 9. The van der Waals surface area contributed by atoms with Crippen molar-refractivity contribution in [2.45, 2.75) is 58.5 Å². The lowest BCUT2D eigenvalue weighted by Gasteiger charge is -2.35. The number of nitrogens with one attached hydrogen (secondary N) is 1. The zero-order valence-corrected chi connectivity index (χ0v) is 30.0. The van der Waals surface area contributed by atoms with Crippen LogP contribution in [0.4, 0.5) is 0 Å². The van der Waals surface area contributed by atoms with Gasteiger partial charge in [0, 0.05) is 52.1 Å². The molecular weight excluding hydrogens is 694 g/mol. The van der Waals surface area contributed by atoms with Crippen LogP contribution in [0.5, 0.6) is 11.5 Å². The second-order valence-electron chi connectivity index (χ2n) is 14.2. The fourth-order valence-electron chi connectivity index (χ4n) is 7.42. The molecule has 0 radical (unpaired) electrons. The molecule has 3 N–H and O–H groups in total. The Hall–Kier alpha value is -6.15. The van der Waals surface area contributed by atoms with E-state index in [1.54, 1.807) is 23.1 Å². The number of fused-ring (bicyclic) bond motifs is 1. The molecule has 0 aliphatic carbocycles. The molecule has 1 aromatic heterocycles. The number of carbonyl (C=O) groups excluding carboxylic acids is 6. The normalized spacial score (nSPS) is 17.7. The second-order valence-corrected chi connectivity index (χ2v) is 14.2. The number of hydrogen-bond acceptors (Lipinski definition) is 11. The Bertz CT molecular complexity index is 2220. The maximum atomic E-state index is 13.5. The number of nitrogens with zero attached hydrogens (tertiary/aromatic N) is 4. The van der Waals surface area contributed by atoms with E-state index in [4.69, 9.17) is 4.52 Å². The molecule has 2 saturated heterocycles. The van der Waals surface area contributed by atoms with Gasteiger partial charge in [0.25, 0.3) is 11.8 Å². The average molecular weight is 734 g/mol. The Labute approximate surface area is 310 Å². The van der Waals surface area contributed by atoms with E-state index in [0.717, 1.165) is 10.5 Å². The van der Waals surface area contributed by atoms with Crippen LogP contribution in [0.3, 0.4) is 0 Å². The SMILES string of the molecule is CC(=O)c1noc(-c2cc(C(C)C)c(O)cc2O)c1-c1ccc(CN2CCN(C(=O)Cc3cccc4c3C(=O)N(C3CCC(=O)NC3=O)C4=O)CC2)cc1. The summed E-state index contributed by atoms with van der Waals surface area (Å²) in [6.07, 6.45) is -0.0134.